The van der Waals surface area contributed by atoms with Crippen LogP contribution < -0.4 is 5.32 Å². The fourth-order valence-electron chi connectivity index (χ4n) is 1.02. The highest BCUT2D eigenvalue weighted by Gasteiger charge is 2.09. The molecule has 0 aliphatic rings. The van der Waals surface area contributed by atoms with Gasteiger partial charge in [0.25, 0.3) is 5.91 Å². The van der Waals surface area contributed by atoms with Gasteiger partial charge in [-0.05, 0) is 22.0 Å². The van der Waals surface area contributed by atoms with Gasteiger partial charge >= 0.3 is 0 Å². The largest absolute Gasteiger partial charge is 0.298 e. The van der Waals surface area contributed by atoms with Gasteiger partial charge in [0.15, 0.2) is 5.13 Å². The number of rotatable bonds is 2. The molecule has 0 bridgehead atoms. The Kier molecular flexibility index (Phi) is 3.25. The van der Waals surface area contributed by atoms with E-state index in [2.05, 4.69) is 31.2 Å². The van der Waals surface area contributed by atoms with Crippen LogP contribution in [-0.4, -0.2) is 15.9 Å². The first-order valence-corrected chi connectivity index (χ1v) is 5.79. The van der Waals surface area contributed by atoms with Gasteiger partial charge in [-0.2, -0.15) is 0 Å². The highest BCUT2D eigenvalue weighted by molar-refractivity contribution is 9.11. The van der Waals surface area contributed by atoms with Gasteiger partial charge in [0, 0.05) is 6.20 Å². The summed E-state index contributed by atoms with van der Waals surface area (Å²) in [4.78, 5) is 19.1. The predicted molar refractivity (Wildman–Crippen MR) is 62.0 cm³/mol. The normalized spacial score (nSPS) is 10.1. The predicted octanol–water partition coefficient (Wildman–Crippen LogP) is 2.69. The van der Waals surface area contributed by atoms with Crippen LogP contribution in [0, 0.1) is 5.82 Å². The fraction of sp³-hybridized carbons (Fsp3) is 0. The highest BCUT2D eigenvalue weighted by Crippen LogP contribution is 2.23. The Labute approximate surface area is 103 Å². The molecule has 2 rings (SSSR count). The molecule has 0 radical (unpaired) electrons. The van der Waals surface area contributed by atoms with Crippen LogP contribution in [0.25, 0.3) is 0 Å². The van der Waals surface area contributed by atoms with Crippen LogP contribution in [0.15, 0.2) is 28.4 Å². The van der Waals surface area contributed by atoms with Crippen LogP contribution >= 0.6 is 27.3 Å². The first-order valence-electron chi connectivity index (χ1n) is 4.18. The van der Waals surface area contributed by atoms with E-state index in [1.54, 1.807) is 6.20 Å². The number of nitrogens with one attached hydrogen (secondary N) is 1. The molecule has 0 aliphatic heterocycles. The second-order valence-electron chi connectivity index (χ2n) is 2.82. The van der Waals surface area contributed by atoms with Gasteiger partial charge in [0.05, 0.1) is 21.7 Å². The van der Waals surface area contributed by atoms with E-state index in [-0.39, 0.29) is 5.56 Å². The molecule has 0 aliphatic carbocycles. The monoisotopic (exact) mass is 301 g/mol. The molecule has 1 N–H and O–H groups in total. The summed E-state index contributed by atoms with van der Waals surface area (Å²) in [6, 6.07) is 1.12. The van der Waals surface area contributed by atoms with Crippen molar-refractivity contribution in [3.8, 4) is 0 Å². The zero-order chi connectivity index (χ0) is 11.5. The van der Waals surface area contributed by atoms with Crippen LogP contribution in [0.5, 0.6) is 0 Å². The molecule has 0 unspecified atom stereocenters. The molecule has 4 nitrogen and oxygen atoms in total. The lowest BCUT2D eigenvalue weighted by atomic mass is 10.3. The Morgan fingerprint density at radius 1 is 1.44 bits per heavy atom. The molecule has 1 amide bonds. The van der Waals surface area contributed by atoms with Gasteiger partial charge in [-0.3, -0.25) is 15.1 Å². The first-order chi connectivity index (χ1) is 7.65. The Balaban J connectivity index is 2.14. The zero-order valence-corrected chi connectivity index (χ0v) is 10.2. The maximum Gasteiger partial charge on any atom is 0.259 e. The lowest BCUT2D eigenvalue weighted by Gasteiger charge is -2.00. The lowest BCUT2D eigenvalue weighted by molar-refractivity contribution is 0.102. The van der Waals surface area contributed by atoms with Crippen molar-refractivity contribution < 1.29 is 9.18 Å². The van der Waals surface area contributed by atoms with E-state index in [1.165, 1.54) is 17.5 Å². The number of carbonyl (C=O) groups is 1. The fourth-order valence-corrected chi connectivity index (χ4v) is 2.12. The summed E-state index contributed by atoms with van der Waals surface area (Å²) in [5.41, 5.74) is 0.159. The molecule has 0 fully saturated rings. The number of hydrogen-bond donors (Lipinski definition) is 1. The summed E-state index contributed by atoms with van der Waals surface area (Å²) in [5, 5.41) is 2.98. The summed E-state index contributed by atoms with van der Waals surface area (Å²) in [7, 11) is 0. The summed E-state index contributed by atoms with van der Waals surface area (Å²) in [5.74, 6) is -0.984. The van der Waals surface area contributed by atoms with E-state index in [4.69, 9.17) is 0 Å². The maximum absolute atomic E-state index is 12.8. The van der Waals surface area contributed by atoms with E-state index >= 15 is 0 Å². The summed E-state index contributed by atoms with van der Waals surface area (Å²) >= 11 is 4.50. The van der Waals surface area contributed by atoms with Crippen LogP contribution in [0.3, 0.4) is 0 Å². The molecular weight excluding hydrogens is 297 g/mol. The Bertz CT molecular complexity index is 531. The third-order valence-corrected chi connectivity index (χ3v) is 3.06. The minimum atomic E-state index is -0.548. The van der Waals surface area contributed by atoms with E-state index < -0.39 is 11.7 Å². The van der Waals surface area contributed by atoms with Crippen molar-refractivity contribution in [1.29, 1.82) is 0 Å². The number of pyridine rings is 1. The number of hydrogen-bond acceptors (Lipinski definition) is 4. The van der Waals surface area contributed by atoms with Crippen LogP contribution in [0.4, 0.5) is 9.52 Å². The topological polar surface area (TPSA) is 54.9 Å². The van der Waals surface area contributed by atoms with Crippen molar-refractivity contribution in [2.75, 3.05) is 5.32 Å². The van der Waals surface area contributed by atoms with Crippen LogP contribution in [0.1, 0.15) is 10.4 Å². The number of thiazole rings is 1. The molecule has 0 atom stereocenters. The minimum Gasteiger partial charge on any atom is -0.298 e. The molecule has 0 aromatic carbocycles. The average molecular weight is 302 g/mol. The molecule has 82 valence electrons. The molecule has 0 saturated carbocycles. The summed E-state index contributed by atoms with van der Waals surface area (Å²) in [6.45, 7) is 0. The number of nitrogens with zero attached hydrogens (tertiary/aromatic N) is 2. The molecule has 2 heterocycles. The number of halogens is 2. The van der Waals surface area contributed by atoms with Crippen molar-refractivity contribution in [2.45, 2.75) is 0 Å². The van der Waals surface area contributed by atoms with E-state index in [9.17, 15) is 9.18 Å². The number of aromatic nitrogens is 2. The Hall–Kier alpha value is -1.34. The smallest absolute Gasteiger partial charge is 0.259 e. The molecule has 2 aromatic heterocycles. The second-order valence-corrected chi connectivity index (χ2v) is 5.23. The number of carbonyl (C=O) groups excluding carboxylic acids is 1. The summed E-state index contributed by atoms with van der Waals surface area (Å²) < 4.78 is 13.6. The van der Waals surface area contributed by atoms with Gasteiger partial charge in [-0.15, -0.1) is 0 Å². The minimum absolute atomic E-state index is 0.159. The standard InChI is InChI=1S/C9H5BrFN3OS/c10-7-4-13-9(16-7)14-8(15)5-1-6(11)3-12-2-5/h1-4H,(H,13,14,15). The second kappa shape index (κ2) is 4.67. The van der Waals surface area contributed by atoms with Gasteiger partial charge in [0.1, 0.15) is 5.82 Å². The maximum atomic E-state index is 12.8. The molecule has 2 aromatic rings. The van der Waals surface area contributed by atoms with Crippen LogP contribution in [0.2, 0.25) is 0 Å². The zero-order valence-electron chi connectivity index (χ0n) is 7.78. The molecule has 7 heteroatoms. The van der Waals surface area contributed by atoms with Crippen molar-refractivity contribution in [3.63, 3.8) is 0 Å². The summed E-state index contributed by atoms with van der Waals surface area (Å²) in [6.07, 6.45) is 3.90. The van der Waals surface area contributed by atoms with Crippen molar-refractivity contribution in [1.82, 2.24) is 9.97 Å². The molecule has 0 saturated heterocycles. The van der Waals surface area contributed by atoms with Gasteiger partial charge in [-0.25, -0.2) is 9.37 Å². The van der Waals surface area contributed by atoms with Crippen LogP contribution in [-0.2, 0) is 0 Å². The van der Waals surface area contributed by atoms with Gasteiger partial charge in [-0.1, -0.05) is 11.3 Å². The van der Waals surface area contributed by atoms with Crippen molar-refractivity contribution >= 4 is 38.3 Å². The van der Waals surface area contributed by atoms with Gasteiger partial charge in [0.2, 0.25) is 0 Å². The molecule has 16 heavy (non-hydrogen) atoms. The van der Waals surface area contributed by atoms with E-state index in [0.29, 0.717) is 5.13 Å². The first kappa shape index (κ1) is 11.2. The molecular formula is C9H5BrFN3OS. The SMILES string of the molecule is O=C(Nc1ncc(Br)s1)c1cncc(F)c1. The van der Waals surface area contributed by atoms with Crippen molar-refractivity contribution in [3.05, 3.63) is 39.8 Å². The average Bonchev–Trinajstić information content (AvgIpc) is 2.64. The van der Waals surface area contributed by atoms with E-state index in [1.807, 2.05) is 0 Å². The third-order valence-electron chi connectivity index (χ3n) is 1.67. The lowest BCUT2D eigenvalue weighted by Crippen LogP contribution is -2.12. The highest BCUT2D eigenvalue weighted by atomic mass is 79.9. The third kappa shape index (κ3) is 2.61. The Morgan fingerprint density at radius 2 is 2.25 bits per heavy atom. The van der Waals surface area contributed by atoms with Crippen molar-refractivity contribution in [2.24, 2.45) is 0 Å². The number of anilines is 1. The Morgan fingerprint density at radius 3 is 2.88 bits per heavy atom. The quantitative estimate of drug-likeness (QED) is 0.928. The number of amides is 1. The molecule has 0 spiro atoms. The van der Waals surface area contributed by atoms with Gasteiger partial charge < -0.3 is 0 Å². The van der Waals surface area contributed by atoms with E-state index in [0.717, 1.165) is 16.0 Å².